The van der Waals surface area contributed by atoms with Gasteiger partial charge in [-0.2, -0.15) is 27.8 Å². The number of alkyl halides is 4. The van der Waals surface area contributed by atoms with Gasteiger partial charge in [-0.25, -0.2) is 0 Å². The van der Waals surface area contributed by atoms with Gasteiger partial charge >= 0.3 is 13.2 Å². The highest BCUT2D eigenvalue weighted by Gasteiger charge is 2.13. The SMILES string of the molecule is CN(C)CCCn1nc(I)c2cc(OC(F)F)ccc21.Cc1nn(CCCN(C)C)c2ccc(OC(F)F)cc12. The molecule has 0 saturated heterocycles. The lowest BCUT2D eigenvalue weighted by atomic mass is 10.2. The van der Waals surface area contributed by atoms with Crippen LogP contribution in [0.4, 0.5) is 17.6 Å². The van der Waals surface area contributed by atoms with E-state index in [1.807, 2.05) is 44.5 Å². The smallest absolute Gasteiger partial charge is 0.387 e. The molecule has 0 aliphatic heterocycles. The molecule has 0 fully saturated rings. The third-order valence-electron chi connectivity index (χ3n) is 5.98. The van der Waals surface area contributed by atoms with Crippen LogP contribution in [0, 0.1) is 10.6 Å². The van der Waals surface area contributed by atoms with Crippen LogP contribution < -0.4 is 9.47 Å². The van der Waals surface area contributed by atoms with Crippen molar-refractivity contribution in [1.29, 1.82) is 0 Å². The molecule has 4 rings (SSSR count). The van der Waals surface area contributed by atoms with Crippen LogP contribution >= 0.6 is 22.6 Å². The van der Waals surface area contributed by atoms with Crippen molar-refractivity contribution < 1.29 is 27.0 Å². The van der Waals surface area contributed by atoms with Crippen molar-refractivity contribution in [3.05, 3.63) is 45.8 Å². The molecule has 13 heteroatoms. The predicted molar refractivity (Wildman–Crippen MR) is 157 cm³/mol. The first-order chi connectivity index (χ1) is 18.9. The van der Waals surface area contributed by atoms with Gasteiger partial charge in [-0.05, 0) is 120 Å². The first kappa shape index (κ1) is 31.9. The van der Waals surface area contributed by atoms with E-state index in [4.69, 9.17) is 0 Å². The highest BCUT2D eigenvalue weighted by molar-refractivity contribution is 14.1. The standard InChI is InChI=1S/C14H19F2N3O.C13H16F2IN3O/c1-10-12-9-11(20-14(15)16)5-6-13(12)19(17-10)8-4-7-18(2)3;1-18(2)6-3-7-19-11-5-4-9(20-13(14)15)8-10(11)12(16)17-19/h5-6,9,14H,4,7-8H2,1-3H3;4-5,8,13H,3,6-7H2,1-2H3. The van der Waals surface area contributed by atoms with Gasteiger partial charge in [-0.15, -0.1) is 0 Å². The zero-order valence-electron chi connectivity index (χ0n) is 23.3. The van der Waals surface area contributed by atoms with Crippen molar-refractivity contribution in [2.45, 2.75) is 46.1 Å². The van der Waals surface area contributed by atoms with Crippen molar-refractivity contribution in [2.24, 2.45) is 0 Å². The van der Waals surface area contributed by atoms with Crippen LogP contribution in [0.3, 0.4) is 0 Å². The maximum Gasteiger partial charge on any atom is 0.387 e. The Hall–Kier alpha value is -2.65. The van der Waals surface area contributed by atoms with E-state index in [0.29, 0.717) is 0 Å². The van der Waals surface area contributed by atoms with Crippen molar-refractivity contribution >= 4 is 44.4 Å². The minimum atomic E-state index is -2.81. The number of hydrogen-bond donors (Lipinski definition) is 0. The van der Waals surface area contributed by atoms with Crippen LogP contribution in [0.2, 0.25) is 0 Å². The molecule has 0 unspecified atom stereocenters. The minimum absolute atomic E-state index is 0.165. The number of aromatic nitrogens is 4. The Kier molecular flexibility index (Phi) is 11.8. The number of ether oxygens (including phenoxy) is 2. The molecule has 2 aromatic carbocycles. The molecule has 0 spiro atoms. The molecule has 0 bridgehead atoms. The Balaban J connectivity index is 0.000000220. The second-order valence-electron chi connectivity index (χ2n) is 9.75. The summed E-state index contributed by atoms with van der Waals surface area (Å²) in [5.74, 6) is 0.335. The van der Waals surface area contributed by atoms with E-state index < -0.39 is 13.2 Å². The fraction of sp³-hybridized carbons (Fsp3) is 0.481. The molecule has 0 atom stereocenters. The molecule has 0 saturated carbocycles. The average Bonchev–Trinajstić information content (AvgIpc) is 3.34. The zero-order chi connectivity index (χ0) is 29.4. The van der Waals surface area contributed by atoms with Gasteiger partial charge in [0.05, 0.1) is 16.7 Å². The Morgan fingerprint density at radius 3 is 1.68 bits per heavy atom. The predicted octanol–water partition coefficient (Wildman–Crippen LogP) is 6.09. The van der Waals surface area contributed by atoms with Crippen LogP contribution in [0.5, 0.6) is 11.5 Å². The van der Waals surface area contributed by atoms with E-state index in [0.717, 1.165) is 70.2 Å². The molecule has 2 aromatic heterocycles. The summed E-state index contributed by atoms with van der Waals surface area (Å²) in [5, 5.41) is 10.6. The van der Waals surface area contributed by atoms with Gasteiger partial charge in [0.1, 0.15) is 15.2 Å². The summed E-state index contributed by atoms with van der Waals surface area (Å²) in [6.07, 6.45) is 1.97. The molecular formula is C27H35F4IN6O2. The van der Waals surface area contributed by atoms with Crippen LogP contribution in [-0.4, -0.2) is 83.9 Å². The van der Waals surface area contributed by atoms with Crippen molar-refractivity contribution in [2.75, 3.05) is 41.3 Å². The van der Waals surface area contributed by atoms with E-state index in [1.54, 1.807) is 36.4 Å². The molecule has 8 nitrogen and oxygen atoms in total. The Morgan fingerprint density at radius 2 is 1.20 bits per heavy atom. The van der Waals surface area contributed by atoms with Crippen LogP contribution in [0.25, 0.3) is 21.8 Å². The summed E-state index contributed by atoms with van der Waals surface area (Å²) in [7, 11) is 8.11. The third-order valence-corrected chi connectivity index (χ3v) is 6.78. The molecule has 0 N–H and O–H groups in total. The van der Waals surface area contributed by atoms with E-state index in [2.05, 4.69) is 52.1 Å². The van der Waals surface area contributed by atoms with Gasteiger partial charge in [-0.1, -0.05) is 0 Å². The number of fused-ring (bicyclic) bond motifs is 2. The molecule has 220 valence electrons. The van der Waals surface area contributed by atoms with E-state index >= 15 is 0 Å². The maximum atomic E-state index is 12.2. The van der Waals surface area contributed by atoms with Crippen molar-refractivity contribution in [1.82, 2.24) is 29.4 Å². The highest BCUT2D eigenvalue weighted by atomic mass is 127. The van der Waals surface area contributed by atoms with E-state index in [1.165, 1.54) is 0 Å². The largest absolute Gasteiger partial charge is 0.435 e. The Morgan fingerprint density at radius 1 is 0.750 bits per heavy atom. The molecule has 40 heavy (non-hydrogen) atoms. The second kappa shape index (κ2) is 14.8. The van der Waals surface area contributed by atoms with Crippen molar-refractivity contribution in [3.63, 3.8) is 0 Å². The molecule has 4 aromatic rings. The summed E-state index contributed by atoms with van der Waals surface area (Å²) >= 11 is 2.11. The van der Waals surface area contributed by atoms with Crippen LogP contribution in [-0.2, 0) is 13.1 Å². The van der Waals surface area contributed by atoms with Gasteiger partial charge < -0.3 is 19.3 Å². The highest BCUT2D eigenvalue weighted by Crippen LogP contribution is 2.27. The molecule has 0 aliphatic carbocycles. The first-order valence-electron chi connectivity index (χ1n) is 12.8. The normalized spacial score (nSPS) is 11.8. The van der Waals surface area contributed by atoms with E-state index in [-0.39, 0.29) is 11.5 Å². The van der Waals surface area contributed by atoms with Crippen LogP contribution in [0.1, 0.15) is 18.5 Å². The lowest BCUT2D eigenvalue weighted by Gasteiger charge is -2.09. The fourth-order valence-corrected chi connectivity index (χ4v) is 4.90. The monoisotopic (exact) mass is 678 g/mol. The summed E-state index contributed by atoms with van der Waals surface area (Å²) in [6, 6.07) is 9.89. The zero-order valence-corrected chi connectivity index (χ0v) is 25.4. The summed E-state index contributed by atoms with van der Waals surface area (Å²) in [5.41, 5.74) is 2.71. The summed E-state index contributed by atoms with van der Waals surface area (Å²) in [6.45, 7) is -0.179. The Labute approximate surface area is 244 Å². The minimum Gasteiger partial charge on any atom is -0.435 e. The van der Waals surface area contributed by atoms with Gasteiger partial charge in [0.2, 0.25) is 0 Å². The molecule has 0 radical (unpaired) electrons. The number of aryl methyl sites for hydroxylation is 3. The molecule has 0 aliphatic rings. The lowest BCUT2D eigenvalue weighted by Crippen LogP contribution is -2.15. The number of rotatable bonds is 12. The number of halogens is 5. The average molecular weight is 679 g/mol. The van der Waals surface area contributed by atoms with Crippen LogP contribution in [0.15, 0.2) is 36.4 Å². The molecular weight excluding hydrogens is 643 g/mol. The first-order valence-corrected chi connectivity index (χ1v) is 13.8. The lowest BCUT2D eigenvalue weighted by molar-refractivity contribution is -0.0504. The number of benzene rings is 2. The van der Waals surface area contributed by atoms with Gasteiger partial charge in [-0.3, -0.25) is 9.36 Å². The number of nitrogens with zero attached hydrogens (tertiary/aromatic N) is 6. The summed E-state index contributed by atoms with van der Waals surface area (Å²) < 4.78 is 62.3. The maximum absolute atomic E-state index is 12.2. The quantitative estimate of drug-likeness (QED) is 0.134. The van der Waals surface area contributed by atoms with Crippen molar-refractivity contribution in [3.8, 4) is 11.5 Å². The number of hydrogen-bond acceptors (Lipinski definition) is 6. The van der Waals surface area contributed by atoms with Gasteiger partial charge in [0.25, 0.3) is 0 Å². The summed E-state index contributed by atoms with van der Waals surface area (Å²) in [4.78, 5) is 4.23. The topological polar surface area (TPSA) is 60.6 Å². The van der Waals surface area contributed by atoms with Gasteiger partial charge in [0.15, 0.2) is 0 Å². The van der Waals surface area contributed by atoms with E-state index in [9.17, 15) is 17.6 Å². The molecule has 0 amide bonds. The Bertz CT molecular complexity index is 1270. The molecule has 2 heterocycles. The van der Waals surface area contributed by atoms with Gasteiger partial charge in [0, 0.05) is 23.9 Å². The second-order valence-corrected chi connectivity index (χ2v) is 10.8. The fourth-order valence-electron chi connectivity index (χ4n) is 4.20. The third kappa shape index (κ3) is 9.20.